The molecule has 1 aliphatic rings. The third-order valence-corrected chi connectivity index (χ3v) is 8.55. The maximum Gasteiger partial charge on any atom is 0.178 e. The molecule has 0 bridgehead atoms. The van der Waals surface area contributed by atoms with Crippen LogP contribution in [0.25, 0.3) is 38.4 Å². The van der Waals surface area contributed by atoms with Crippen molar-refractivity contribution < 1.29 is 4.74 Å². The van der Waals surface area contributed by atoms with Crippen molar-refractivity contribution in [2.24, 2.45) is 0 Å². The van der Waals surface area contributed by atoms with Gasteiger partial charge in [-0.05, 0) is 63.6 Å². The van der Waals surface area contributed by atoms with Crippen molar-refractivity contribution in [3.8, 4) is 5.75 Å². The van der Waals surface area contributed by atoms with E-state index in [1.165, 1.54) is 69.1 Å². The molecule has 0 spiro atoms. The zero-order chi connectivity index (χ0) is 26.9. The van der Waals surface area contributed by atoms with Gasteiger partial charge in [0, 0.05) is 22.1 Å². The van der Waals surface area contributed by atoms with Crippen molar-refractivity contribution in [1.29, 1.82) is 0 Å². The van der Waals surface area contributed by atoms with Crippen LogP contribution in [0, 0.1) is 0 Å². The topological polar surface area (TPSA) is 9.23 Å². The lowest BCUT2D eigenvalue weighted by Crippen LogP contribution is -2.34. The summed E-state index contributed by atoms with van der Waals surface area (Å²) in [5, 5.41) is 7.87. The van der Waals surface area contributed by atoms with Crippen molar-refractivity contribution in [3.63, 3.8) is 0 Å². The van der Waals surface area contributed by atoms with Gasteiger partial charge in [0.1, 0.15) is 5.75 Å². The molecule has 6 aromatic rings. The van der Waals surface area contributed by atoms with E-state index < -0.39 is 5.60 Å². The predicted molar refractivity (Wildman–Crippen MR) is 170 cm³/mol. The molecule has 0 aromatic heterocycles. The molecule has 0 saturated carbocycles. The van der Waals surface area contributed by atoms with Crippen molar-refractivity contribution >= 4 is 38.4 Å². The van der Waals surface area contributed by atoms with Gasteiger partial charge >= 0.3 is 0 Å². The van der Waals surface area contributed by atoms with Crippen LogP contribution in [-0.4, -0.2) is 0 Å². The van der Waals surface area contributed by atoms with E-state index in [0.717, 1.165) is 23.3 Å². The zero-order valence-electron chi connectivity index (χ0n) is 23.1. The second-order valence-corrected chi connectivity index (χ2v) is 11.0. The minimum Gasteiger partial charge on any atom is -0.473 e. The van der Waals surface area contributed by atoms with Gasteiger partial charge in [0.25, 0.3) is 0 Å². The number of fused-ring (bicyclic) bond motifs is 7. The van der Waals surface area contributed by atoms with Crippen LogP contribution in [0.5, 0.6) is 5.75 Å². The molecule has 196 valence electrons. The third-order valence-electron chi connectivity index (χ3n) is 8.55. The van der Waals surface area contributed by atoms with E-state index in [0.29, 0.717) is 0 Å². The number of benzene rings is 6. The van der Waals surface area contributed by atoms with E-state index in [9.17, 15) is 0 Å². The fraction of sp³-hybridized carbons (Fsp3) is 0.179. The molecular formula is C39H34O. The average molecular weight is 519 g/mol. The van der Waals surface area contributed by atoms with Gasteiger partial charge in [0.05, 0.1) is 0 Å². The summed E-state index contributed by atoms with van der Waals surface area (Å²) >= 11 is 0. The van der Waals surface area contributed by atoms with Crippen LogP contribution in [0.2, 0.25) is 0 Å². The van der Waals surface area contributed by atoms with Crippen LogP contribution in [0.15, 0.2) is 121 Å². The van der Waals surface area contributed by atoms with Crippen LogP contribution < -0.4 is 4.74 Å². The number of hydrogen-bond acceptors (Lipinski definition) is 1. The van der Waals surface area contributed by atoms with Crippen LogP contribution >= 0.6 is 0 Å². The highest BCUT2D eigenvalue weighted by Gasteiger charge is 2.37. The van der Waals surface area contributed by atoms with Crippen LogP contribution in [0.4, 0.5) is 0 Å². The van der Waals surface area contributed by atoms with Crippen LogP contribution in [0.1, 0.15) is 54.9 Å². The zero-order valence-corrected chi connectivity index (χ0v) is 23.1. The Hall–Kier alpha value is -4.36. The molecule has 0 aliphatic carbocycles. The van der Waals surface area contributed by atoms with E-state index in [1.54, 1.807) is 0 Å². The quantitative estimate of drug-likeness (QED) is 0.151. The molecule has 1 heterocycles. The SMILES string of the molecule is CCCCCCc1cc2ccc3c(c2c2c1ccc1ccccc12)C=CC(c1ccccc1)(c1ccccc1)O3. The van der Waals surface area contributed by atoms with Crippen LogP contribution in [-0.2, 0) is 12.0 Å². The Morgan fingerprint density at radius 1 is 0.600 bits per heavy atom. The molecule has 1 nitrogen and oxygen atoms in total. The highest BCUT2D eigenvalue weighted by molar-refractivity contribution is 6.23. The fourth-order valence-corrected chi connectivity index (χ4v) is 6.55. The van der Waals surface area contributed by atoms with Gasteiger partial charge in [0.15, 0.2) is 5.60 Å². The molecule has 6 aromatic carbocycles. The standard InChI is InChI=1S/C39H34O/c1-2-3-4-7-15-29-27-30-22-24-36-35(37(30)38-33-20-13-12-14-28(33)21-23-34(29)38)25-26-39(40-36,31-16-8-5-9-17-31)32-18-10-6-11-19-32/h5-6,8-14,16-27H,2-4,7,15H2,1H3. The lowest BCUT2D eigenvalue weighted by Gasteiger charge is -2.36. The Morgan fingerprint density at radius 3 is 2.05 bits per heavy atom. The summed E-state index contributed by atoms with van der Waals surface area (Å²) in [4.78, 5) is 0. The number of hydrogen-bond donors (Lipinski definition) is 0. The summed E-state index contributed by atoms with van der Waals surface area (Å²) in [5.41, 5.74) is 4.19. The van der Waals surface area contributed by atoms with Crippen molar-refractivity contribution in [2.45, 2.75) is 44.6 Å². The summed E-state index contributed by atoms with van der Waals surface area (Å²) in [6, 6.07) is 41.5. The van der Waals surface area contributed by atoms with Gasteiger partial charge in [-0.2, -0.15) is 0 Å². The molecule has 40 heavy (non-hydrogen) atoms. The van der Waals surface area contributed by atoms with Gasteiger partial charge in [0.2, 0.25) is 0 Å². The van der Waals surface area contributed by atoms with E-state index in [-0.39, 0.29) is 0 Å². The van der Waals surface area contributed by atoms with Gasteiger partial charge in [-0.3, -0.25) is 0 Å². The largest absolute Gasteiger partial charge is 0.473 e. The van der Waals surface area contributed by atoms with Gasteiger partial charge in [-0.1, -0.05) is 135 Å². The number of unbranched alkanes of at least 4 members (excludes halogenated alkanes) is 3. The fourth-order valence-electron chi connectivity index (χ4n) is 6.55. The Morgan fingerprint density at radius 2 is 1.30 bits per heavy atom. The second kappa shape index (κ2) is 10.3. The van der Waals surface area contributed by atoms with Crippen molar-refractivity contribution in [1.82, 2.24) is 0 Å². The third kappa shape index (κ3) is 4.09. The lowest BCUT2D eigenvalue weighted by molar-refractivity contribution is 0.161. The Labute approximate surface area is 236 Å². The minimum atomic E-state index is -0.680. The summed E-state index contributed by atoms with van der Waals surface area (Å²) in [5.74, 6) is 0.924. The molecule has 1 heteroatoms. The van der Waals surface area contributed by atoms with Crippen molar-refractivity contribution in [2.75, 3.05) is 0 Å². The number of ether oxygens (including phenoxy) is 1. The lowest BCUT2D eigenvalue weighted by atomic mass is 9.82. The highest BCUT2D eigenvalue weighted by Crippen LogP contribution is 2.47. The first-order valence-electron chi connectivity index (χ1n) is 14.7. The monoisotopic (exact) mass is 518 g/mol. The molecule has 0 fully saturated rings. The Bertz CT molecular complexity index is 1810. The molecule has 0 amide bonds. The molecule has 0 N–H and O–H groups in total. The smallest absolute Gasteiger partial charge is 0.178 e. The van der Waals surface area contributed by atoms with E-state index in [1.807, 2.05) is 0 Å². The average Bonchev–Trinajstić information content (AvgIpc) is 3.03. The summed E-state index contributed by atoms with van der Waals surface area (Å²) in [6.07, 6.45) is 10.7. The first-order valence-corrected chi connectivity index (χ1v) is 14.7. The number of rotatable bonds is 7. The Kier molecular flexibility index (Phi) is 6.36. The van der Waals surface area contributed by atoms with E-state index >= 15 is 0 Å². The maximum absolute atomic E-state index is 7.10. The van der Waals surface area contributed by atoms with Gasteiger partial charge < -0.3 is 4.74 Å². The summed E-state index contributed by atoms with van der Waals surface area (Å²) in [6.45, 7) is 2.28. The van der Waals surface area contributed by atoms with Gasteiger partial charge in [-0.25, -0.2) is 0 Å². The summed E-state index contributed by atoms with van der Waals surface area (Å²) < 4.78 is 7.10. The predicted octanol–water partition coefficient (Wildman–Crippen LogP) is 10.6. The molecular weight excluding hydrogens is 484 g/mol. The molecule has 7 rings (SSSR count). The Balaban J connectivity index is 1.47. The van der Waals surface area contributed by atoms with E-state index in [4.69, 9.17) is 4.74 Å². The number of aryl methyl sites for hydroxylation is 1. The molecule has 1 aliphatic heterocycles. The van der Waals surface area contributed by atoms with E-state index in [2.05, 4.69) is 134 Å². The normalized spacial score (nSPS) is 13.9. The van der Waals surface area contributed by atoms with Gasteiger partial charge in [-0.15, -0.1) is 0 Å². The molecule has 0 atom stereocenters. The molecule has 0 saturated heterocycles. The second-order valence-electron chi connectivity index (χ2n) is 11.0. The summed E-state index contributed by atoms with van der Waals surface area (Å²) in [7, 11) is 0. The molecule has 0 radical (unpaired) electrons. The maximum atomic E-state index is 7.10. The van der Waals surface area contributed by atoms with Crippen molar-refractivity contribution in [3.05, 3.63) is 144 Å². The highest BCUT2D eigenvalue weighted by atomic mass is 16.5. The first kappa shape index (κ1) is 24.7. The molecule has 0 unspecified atom stereocenters. The first-order chi connectivity index (χ1) is 19.8. The minimum absolute atomic E-state index is 0.680. The van der Waals surface area contributed by atoms with Crippen LogP contribution in [0.3, 0.4) is 0 Å².